The topological polar surface area (TPSA) is 142 Å². The molecule has 47 heavy (non-hydrogen) atoms. The van der Waals surface area contributed by atoms with Crippen molar-refractivity contribution < 1.29 is 9.90 Å². The Kier molecular flexibility index (Phi) is 8.74. The summed E-state index contributed by atoms with van der Waals surface area (Å²) in [6.07, 6.45) is 15.7. The maximum atomic E-state index is 13.9. The average Bonchev–Trinajstić information content (AvgIpc) is 4.05. The zero-order valence-corrected chi connectivity index (χ0v) is 26.8. The molecule has 10 nitrogen and oxygen atoms in total. The van der Waals surface area contributed by atoms with Gasteiger partial charge in [-0.1, -0.05) is 36.4 Å². The Balaban J connectivity index is 1.06. The van der Waals surface area contributed by atoms with Crippen LogP contribution in [0.4, 0.5) is 5.82 Å². The molecule has 3 aromatic heterocycles. The highest BCUT2D eigenvalue weighted by molar-refractivity contribution is 5.86. The number of nitrogens with zero attached hydrogens (tertiary/aromatic N) is 6. The number of rotatable bonds is 12. The fourth-order valence-corrected chi connectivity index (χ4v) is 7.22. The number of carbonyl (C=O) groups excluding carboxylic acids is 1. The van der Waals surface area contributed by atoms with E-state index < -0.39 is 11.5 Å². The molecule has 3 fully saturated rings. The van der Waals surface area contributed by atoms with E-state index in [-0.39, 0.29) is 5.92 Å². The van der Waals surface area contributed by atoms with Gasteiger partial charge >= 0.3 is 0 Å². The highest BCUT2D eigenvalue weighted by Crippen LogP contribution is 2.46. The normalized spacial score (nSPS) is 20.7. The fraction of sp³-hybridized carbons (Fsp3) is 0.459. The largest absolute Gasteiger partial charge is 0.374 e. The first kappa shape index (κ1) is 31.0. The number of hydrogen-bond donors (Lipinski definition) is 3. The van der Waals surface area contributed by atoms with E-state index in [0.29, 0.717) is 66.7 Å². The molecule has 0 aliphatic heterocycles. The van der Waals surface area contributed by atoms with Crippen molar-refractivity contribution in [2.24, 2.45) is 30.7 Å². The molecule has 4 aromatic rings. The molecule has 1 aromatic carbocycles. The molecular formula is C37H42N8O2. The lowest BCUT2D eigenvalue weighted by molar-refractivity contribution is -0.150. The lowest BCUT2D eigenvalue weighted by Gasteiger charge is -2.39. The number of aryl methyl sites for hydroxylation is 1. The van der Waals surface area contributed by atoms with E-state index >= 15 is 0 Å². The molecular weight excluding hydrogens is 588 g/mol. The molecule has 0 bridgehead atoms. The van der Waals surface area contributed by atoms with Crippen molar-refractivity contribution in [2.75, 3.05) is 5.32 Å². The quantitative estimate of drug-likeness (QED) is 0.192. The van der Waals surface area contributed by atoms with Crippen LogP contribution in [0, 0.1) is 35.0 Å². The van der Waals surface area contributed by atoms with Gasteiger partial charge < -0.3 is 15.7 Å². The third-order valence-corrected chi connectivity index (χ3v) is 10.3. The molecule has 0 unspecified atom stereocenters. The predicted molar refractivity (Wildman–Crippen MR) is 177 cm³/mol. The van der Waals surface area contributed by atoms with Crippen molar-refractivity contribution in [1.29, 1.82) is 5.26 Å². The van der Waals surface area contributed by atoms with Crippen LogP contribution in [0.5, 0.6) is 0 Å². The standard InChI is InChI=1S/C37H42N8O2/c1-45-23-30(22-42-45)28-13-16-32(39-20-28)37(47,36(46)41-19-25-5-3-2-4-6-25)31-14-7-24(8-15-31)17-33-40-21-29(18-38)35(43-33)44-34(26-9-10-26)27-11-12-27/h2-6,13,16,20-24,26-27,31,34,47H,7-12,14-15,17,19H2,1H3,(H,41,46)(H,40,43,44)/t24?,31?,37-/m0/s1. The number of nitriles is 1. The van der Waals surface area contributed by atoms with Crippen LogP contribution in [0.15, 0.2) is 67.3 Å². The number of aromatic nitrogens is 5. The van der Waals surface area contributed by atoms with E-state index in [1.54, 1.807) is 29.3 Å². The molecule has 3 N–H and O–H groups in total. The van der Waals surface area contributed by atoms with Gasteiger partial charge in [0.2, 0.25) is 0 Å². The fourth-order valence-electron chi connectivity index (χ4n) is 7.22. The summed E-state index contributed by atoms with van der Waals surface area (Å²) >= 11 is 0. The Morgan fingerprint density at radius 3 is 2.34 bits per heavy atom. The minimum absolute atomic E-state index is 0.303. The van der Waals surface area contributed by atoms with Gasteiger partial charge in [-0.05, 0) is 80.8 Å². The first-order valence-electron chi connectivity index (χ1n) is 16.9. The monoisotopic (exact) mass is 630 g/mol. The molecule has 3 aliphatic carbocycles. The zero-order valence-electron chi connectivity index (χ0n) is 26.8. The summed E-state index contributed by atoms with van der Waals surface area (Å²) in [6.45, 7) is 0.319. The zero-order chi connectivity index (χ0) is 32.4. The summed E-state index contributed by atoms with van der Waals surface area (Å²) in [4.78, 5) is 28.0. The van der Waals surface area contributed by atoms with Gasteiger partial charge in [-0.3, -0.25) is 14.5 Å². The number of hydrogen-bond acceptors (Lipinski definition) is 8. The summed E-state index contributed by atoms with van der Waals surface area (Å²) in [5, 5.41) is 32.9. The van der Waals surface area contributed by atoms with Crippen LogP contribution in [0.2, 0.25) is 0 Å². The van der Waals surface area contributed by atoms with Gasteiger partial charge in [-0.2, -0.15) is 10.4 Å². The Hall–Kier alpha value is -4.62. The smallest absolute Gasteiger partial charge is 0.258 e. The van der Waals surface area contributed by atoms with E-state index in [0.717, 1.165) is 35.4 Å². The van der Waals surface area contributed by atoms with Gasteiger partial charge in [0.25, 0.3) is 5.91 Å². The minimum atomic E-state index is -1.78. The highest BCUT2D eigenvalue weighted by atomic mass is 16.3. The van der Waals surface area contributed by atoms with E-state index in [2.05, 4.69) is 31.8 Å². The Morgan fingerprint density at radius 1 is 0.979 bits per heavy atom. The third kappa shape index (κ3) is 6.91. The maximum Gasteiger partial charge on any atom is 0.258 e. The Bertz CT molecular complexity index is 1720. The number of aliphatic hydroxyl groups is 1. The Labute approximate surface area is 275 Å². The van der Waals surface area contributed by atoms with Crippen LogP contribution in [-0.4, -0.2) is 41.8 Å². The number of anilines is 1. The van der Waals surface area contributed by atoms with Crippen molar-refractivity contribution in [3.8, 4) is 17.2 Å². The van der Waals surface area contributed by atoms with Gasteiger partial charge in [0, 0.05) is 55.5 Å². The molecule has 3 aliphatic rings. The third-order valence-electron chi connectivity index (χ3n) is 10.3. The van der Waals surface area contributed by atoms with Crippen LogP contribution >= 0.6 is 0 Å². The van der Waals surface area contributed by atoms with Gasteiger partial charge in [0.15, 0.2) is 5.60 Å². The number of carbonyl (C=O) groups is 1. The molecule has 3 saturated carbocycles. The van der Waals surface area contributed by atoms with E-state index in [9.17, 15) is 15.2 Å². The van der Waals surface area contributed by atoms with Crippen molar-refractivity contribution in [3.05, 3.63) is 89.9 Å². The van der Waals surface area contributed by atoms with E-state index in [1.807, 2.05) is 49.6 Å². The lowest BCUT2D eigenvalue weighted by Crippen LogP contribution is -2.51. The van der Waals surface area contributed by atoms with Crippen LogP contribution in [0.1, 0.15) is 74.0 Å². The molecule has 0 saturated heterocycles. The first-order chi connectivity index (χ1) is 22.9. The number of benzene rings is 1. The molecule has 10 heteroatoms. The molecule has 7 rings (SSSR count). The average molecular weight is 631 g/mol. The van der Waals surface area contributed by atoms with Gasteiger partial charge in [-0.15, -0.1) is 0 Å². The molecule has 0 radical (unpaired) electrons. The second kappa shape index (κ2) is 13.2. The highest BCUT2D eigenvalue weighted by Gasteiger charge is 2.48. The minimum Gasteiger partial charge on any atom is -0.374 e. The summed E-state index contributed by atoms with van der Waals surface area (Å²) < 4.78 is 1.73. The summed E-state index contributed by atoms with van der Waals surface area (Å²) in [7, 11) is 1.86. The van der Waals surface area contributed by atoms with Gasteiger partial charge in [0.05, 0.1) is 18.1 Å². The van der Waals surface area contributed by atoms with Crippen LogP contribution < -0.4 is 10.6 Å². The maximum absolute atomic E-state index is 13.9. The molecule has 3 heterocycles. The molecule has 0 spiro atoms. The molecule has 242 valence electrons. The van der Waals surface area contributed by atoms with Crippen molar-refractivity contribution in [2.45, 2.75) is 76.0 Å². The lowest BCUT2D eigenvalue weighted by atomic mass is 9.70. The summed E-state index contributed by atoms with van der Waals surface area (Å²) in [6, 6.07) is 16.0. The number of amides is 1. The van der Waals surface area contributed by atoms with Gasteiger partial charge in [0.1, 0.15) is 23.3 Å². The second-order valence-electron chi connectivity index (χ2n) is 13.7. The van der Waals surface area contributed by atoms with E-state index in [1.165, 1.54) is 25.7 Å². The molecule has 1 atom stereocenters. The summed E-state index contributed by atoms with van der Waals surface area (Å²) in [5.41, 5.74) is 1.82. The van der Waals surface area contributed by atoms with Gasteiger partial charge in [-0.25, -0.2) is 9.97 Å². The van der Waals surface area contributed by atoms with Crippen molar-refractivity contribution >= 4 is 11.7 Å². The Morgan fingerprint density at radius 2 is 1.72 bits per heavy atom. The number of pyridine rings is 1. The van der Waals surface area contributed by atoms with Crippen LogP contribution in [0.3, 0.4) is 0 Å². The van der Waals surface area contributed by atoms with E-state index in [4.69, 9.17) is 4.98 Å². The summed E-state index contributed by atoms with van der Waals surface area (Å²) in [5.74, 6) is 2.36. The van der Waals surface area contributed by atoms with Crippen molar-refractivity contribution in [1.82, 2.24) is 30.0 Å². The predicted octanol–water partition coefficient (Wildman–Crippen LogP) is 5.30. The van der Waals surface area contributed by atoms with Crippen molar-refractivity contribution in [3.63, 3.8) is 0 Å². The second-order valence-corrected chi connectivity index (χ2v) is 13.7. The first-order valence-corrected chi connectivity index (χ1v) is 16.9. The molecule has 1 amide bonds. The number of nitrogens with one attached hydrogen (secondary N) is 2. The van der Waals surface area contributed by atoms with Crippen LogP contribution in [-0.2, 0) is 30.4 Å². The van der Waals surface area contributed by atoms with Crippen LogP contribution in [0.25, 0.3) is 11.1 Å². The SMILES string of the molecule is Cn1cc(-c2ccc([C@](O)(C(=O)NCc3ccccc3)C3CCC(Cc4ncc(C#N)c(NC(C5CC5)C5CC5)n4)CC3)nc2)cn1.